The summed E-state index contributed by atoms with van der Waals surface area (Å²) in [4.78, 5) is 22.7. The van der Waals surface area contributed by atoms with E-state index in [0.717, 1.165) is 19.3 Å². The average Bonchev–Trinajstić information content (AvgIpc) is 2.89. The standard InChI is InChI=1S/C22H32O5/c1-2-3-4-5-6-7-8-9-10-11-17(23)12-13-18-19(14-15-22(26)27)21(25)16-20(18)24/h3-4,6-7,9-10,12-13,17-20,23-24H,2,5,8,11,14-16H2,1H3,(H,26,27)/b4-3-,7-6+,10-9-,13-12+/t17-,18+,19-,20-/m1/s1. The van der Waals surface area contributed by atoms with Crippen molar-refractivity contribution < 1.29 is 24.9 Å². The van der Waals surface area contributed by atoms with Gasteiger partial charge in [0, 0.05) is 24.7 Å². The maximum atomic E-state index is 11.9. The predicted octanol–water partition coefficient (Wildman–Crippen LogP) is 3.58. The summed E-state index contributed by atoms with van der Waals surface area (Å²) in [6.45, 7) is 2.10. The highest BCUT2D eigenvalue weighted by Crippen LogP contribution is 2.33. The quantitative estimate of drug-likeness (QED) is 0.453. The second kappa shape index (κ2) is 13.2. The number of Topliss-reactive ketones (excluding diaryl/α,β-unsaturated/α-hetero) is 1. The van der Waals surface area contributed by atoms with Gasteiger partial charge >= 0.3 is 5.97 Å². The fourth-order valence-corrected chi connectivity index (χ4v) is 3.15. The molecule has 1 aliphatic carbocycles. The minimum Gasteiger partial charge on any atom is -0.481 e. The Balaban J connectivity index is 2.40. The van der Waals surface area contributed by atoms with Crippen LogP contribution in [0.25, 0.3) is 0 Å². The lowest BCUT2D eigenvalue weighted by Gasteiger charge is -2.17. The van der Waals surface area contributed by atoms with Gasteiger partial charge in [0.05, 0.1) is 12.2 Å². The average molecular weight is 376 g/mol. The molecule has 1 fully saturated rings. The first-order chi connectivity index (χ1) is 13.0. The molecule has 0 amide bonds. The molecule has 0 unspecified atom stereocenters. The number of aliphatic hydroxyl groups excluding tert-OH is 2. The molecule has 150 valence electrons. The third-order valence-electron chi connectivity index (χ3n) is 4.62. The third-order valence-corrected chi connectivity index (χ3v) is 4.62. The number of carboxylic acid groups (broad SMARTS) is 1. The van der Waals surface area contributed by atoms with Gasteiger partial charge in [-0.05, 0) is 32.1 Å². The van der Waals surface area contributed by atoms with E-state index < -0.39 is 30.0 Å². The fourth-order valence-electron chi connectivity index (χ4n) is 3.15. The van der Waals surface area contributed by atoms with Gasteiger partial charge in [-0.2, -0.15) is 0 Å². The summed E-state index contributed by atoms with van der Waals surface area (Å²) in [7, 11) is 0. The maximum Gasteiger partial charge on any atom is 0.303 e. The Kier molecular flexibility index (Phi) is 11.3. The van der Waals surface area contributed by atoms with Crippen LogP contribution in [0.15, 0.2) is 48.6 Å². The van der Waals surface area contributed by atoms with Crippen LogP contribution in [0, 0.1) is 11.8 Å². The van der Waals surface area contributed by atoms with Crippen molar-refractivity contribution >= 4 is 11.8 Å². The van der Waals surface area contributed by atoms with Crippen LogP contribution in [0.5, 0.6) is 0 Å². The van der Waals surface area contributed by atoms with Gasteiger partial charge in [0.1, 0.15) is 5.78 Å². The fraction of sp³-hybridized carbons (Fsp3) is 0.545. The van der Waals surface area contributed by atoms with E-state index in [0.29, 0.717) is 6.42 Å². The Bertz CT molecular complexity index is 573. The van der Waals surface area contributed by atoms with Gasteiger partial charge in [0.15, 0.2) is 0 Å². The highest BCUT2D eigenvalue weighted by molar-refractivity contribution is 5.85. The van der Waals surface area contributed by atoms with E-state index in [2.05, 4.69) is 31.2 Å². The largest absolute Gasteiger partial charge is 0.481 e. The van der Waals surface area contributed by atoms with Crippen molar-refractivity contribution in [2.75, 3.05) is 0 Å². The lowest BCUT2D eigenvalue weighted by atomic mass is 9.89. The van der Waals surface area contributed by atoms with Crippen LogP contribution in [0.4, 0.5) is 0 Å². The van der Waals surface area contributed by atoms with Crippen LogP contribution in [0.1, 0.15) is 51.9 Å². The van der Waals surface area contributed by atoms with Gasteiger partial charge in [0.2, 0.25) is 0 Å². The molecule has 3 N–H and O–H groups in total. The van der Waals surface area contributed by atoms with Crippen molar-refractivity contribution in [3.05, 3.63) is 48.6 Å². The smallest absolute Gasteiger partial charge is 0.303 e. The molecule has 4 atom stereocenters. The molecule has 0 aromatic carbocycles. The van der Waals surface area contributed by atoms with Crippen molar-refractivity contribution in [3.8, 4) is 0 Å². The molecule has 0 aromatic heterocycles. The van der Waals surface area contributed by atoms with Gasteiger partial charge in [-0.15, -0.1) is 0 Å². The van der Waals surface area contributed by atoms with Crippen LogP contribution >= 0.6 is 0 Å². The second-order valence-corrected chi connectivity index (χ2v) is 6.84. The lowest BCUT2D eigenvalue weighted by Crippen LogP contribution is -2.20. The molecule has 0 saturated heterocycles. The number of aliphatic carboxylic acids is 1. The first kappa shape index (κ1) is 23.1. The van der Waals surface area contributed by atoms with E-state index in [1.54, 1.807) is 12.2 Å². The summed E-state index contributed by atoms with van der Waals surface area (Å²) >= 11 is 0. The Labute approximate surface area is 161 Å². The van der Waals surface area contributed by atoms with Gasteiger partial charge in [-0.3, -0.25) is 9.59 Å². The van der Waals surface area contributed by atoms with Crippen LogP contribution < -0.4 is 0 Å². The molecule has 0 radical (unpaired) electrons. The molecule has 1 saturated carbocycles. The van der Waals surface area contributed by atoms with Crippen molar-refractivity contribution in [1.29, 1.82) is 0 Å². The van der Waals surface area contributed by atoms with Gasteiger partial charge in [-0.1, -0.05) is 55.5 Å². The molecule has 0 spiro atoms. The molecular formula is C22H32O5. The van der Waals surface area contributed by atoms with Crippen LogP contribution in [-0.2, 0) is 9.59 Å². The summed E-state index contributed by atoms with van der Waals surface area (Å²) in [5.74, 6) is -1.96. The number of allylic oxidation sites excluding steroid dienone is 5. The van der Waals surface area contributed by atoms with Crippen molar-refractivity contribution in [3.63, 3.8) is 0 Å². The molecule has 5 nitrogen and oxygen atoms in total. The number of hydrogen-bond donors (Lipinski definition) is 3. The topological polar surface area (TPSA) is 94.8 Å². The molecule has 0 heterocycles. The van der Waals surface area contributed by atoms with Crippen molar-refractivity contribution in [1.82, 2.24) is 0 Å². The normalized spacial score (nSPS) is 24.9. The summed E-state index contributed by atoms with van der Waals surface area (Å²) in [5.41, 5.74) is 0. The minimum atomic E-state index is -0.951. The number of carbonyl (C=O) groups excluding carboxylic acids is 1. The summed E-state index contributed by atoms with van der Waals surface area (Å²) in [5, 5.41) is 28.9. The zero-order valence-electron chi connectivity index (χ0n) is 16.0. The zero-order chi connectivity index (χ0) is 20.1. The first-order valence-corrected chi connectivity index (χ1v) is 9.69. The highest BCUT2D eigenvalue weighted by Gasteiger charge is 2.39. The number of carbonyl (C=O) groups is 2. The van der Waals surface area contributed by atoms with E-state index in [1.807, 2.05) is 12.2 Å². The highest BCUT2D eigenvalue weighted by atomic mass is 16.4. The molecule has 27 heavy (non-hydrogen) atoms. The van der Waals surface area contributed by atoms with Crippen molar-refractivity contribution in [2.45, 2.75) is 64.1 Å². The number of ketones is 1. The number of carboxylic acids is 1. The Morgan fingerprint density at radius 3 is 2.41 bits per heavy atom. The number of aliphatic hydroxyl groups is 2. The SMILES string of the molecule is CC/C=C\C/C=C/C/C=C\C[C@@H](O)/C=C/[C@@H]1[C@H](O)CC(=O)[C@@H]1CCC(=O)O. The Morgan fingerprint density at radius 2 is 1.78 bits per heavy atom. The van der Waals surface area contributed by atoms with E-state index in [9.17, 15) is 19.8 Å². The Morgan fingerprint density at radius 1 is 1.15 bits per heavy atom. The molecule has 0 aliphatic heterocycles. The summed E-state index contributed by atoms with van der Waals surface area (Å²) in [6, 6.07) is 0. The van der Waals surface area contributed by atoms with E-state index in [-0.39, 0.29) is 25.0 Å². The summed E-state index contributed by atoms with van der Waals surface area (Å²) < 4.78 is 0. The van der Waals surface area contributed by atoms with E-state index in [1.165, 1.54) is 0 Å². The molecule has 1 aliphatic rings. The minimum absolute atomic E-state index is 0.0507. The number of hydrogen-bond acceptors (Lipinski definition) is 4. The van der Waals surface area contributed by atoms with Crippen molar-refractivity contribution in [2.24, 2.45) is 11.8 Å². The zero-order valence-corrected chi connectivity index (χ0v) is 16.0. The lowest BCUT2D eigenvalue weighted by molar-refractivity contribution is -0.137. The third kappa shape index (κ3) is 9.50. The molecule has 0 aromatic rings. The van der Waals surface area contributed by atoms with Gasteiger partial charge < -0.3 is 15.3 Å². The van der Waals surface area contributed by atoms with E-state index in [4.69, 9.17) is 5.11 Å². The molecule has 0 bridgehead atoms. The number of rotatable bonds is 12. The maximum absolute atomic E-state index is 11.9. The first-order valence-electron chi connectivity index (χ1n) is 9.69. The molecule has 5 heteroatoms. The van der Waals surface area contributed by atoms with Crippen LogP contribution in [-0.4, -0.2) is 39.3 Å². The monoisotopic (exact) mass is 376 g/mol. The Hall–Kier alpha value is -1.98. The van der Waals surface area contributed by atoms with Gasteiger partial charge in [0.25, 0.3) is 0 Å². The predicted molar refractivity (Wildman–Crippen MR) is 106 cm³/mol. The van der Waals surface area contributed by atoms with Crippen LogP contribution in [0.2, 0.25) is 0 Å². The molecule has 1 rings (SSSR count). The van der Waals surface area contributed by atoms with Gasteiger partial charge in [-0.25, -0.2) is 0 Å². The second-order valence-electron chi connectivity index (χ2n) is 6.84. The van der Waals surface area contributed by atoms with E-state index >= 15 is 0 Å². The van der Waals surface area contributed by atoms with Crippen LogP contribution in [0.3, 0.4) is 0 Å². The molecular weight excluding hydrogens is 344 g/mol. The summed E-state index contributed by atoms with van der Waals surface area (Å²) in [6.07, 6.45) is 17.5.